The van der Waals surface area contributed by atoms with Crippen LogP contribution in [0.25, 0.3) is 0 Å². The highest BCUT2D eigenvalue weighted by Crippen LogP contribution is 2.14. The van der Waals surface area contributed by atoms with Crippen molar-refractivity contribution in [3.63, 3.8) is 0 Å². The topological polar surface area (TPSA) is 39.1 Å². The monoisotopic (exact) mass is 277 g/mol. The quantitative estimate of drug-likeness (QED) is 0.623. The van der Waals surface area contributed by atoms with E-state index in [1.807, 2.05) is 24.3 Å². The van der Waals surface area contributed by atoms with Crippen molar-refractivity contribution in [2.45, 2.75) is 6.54 Å². The zero-order chi connectivity index (χ0) is 13.0. The Labute approximate surface area is 113 Å². The molecule has 0 fully saturated rings. The summed E-state index contributed by atoms with van der Waals surface area (Å²) in [4.78, 5) is 21.7. The summed E-state index contributed by atoms with van der Waals surface area (Å²) in [6, 6.07) is 8.78. The molecule has 0 saturated heterocycles. The normalized spacial score (nSPS) is 9.61. The van der Waals surface area contributed by atoms with Gasteiger partial charge in [0.05, 0.1) is 6.54 Å². The van der Waals surface area contributed by atoms with Crippen molar-refractivity contribution in [3.05, 3.63) is 56.1 Å². The Kier molecular flexibility index (Phi) is 3.98. The first-order valence-electron chi connectivity index (χ1n) is 5.10. The lowest BCUT2D eigenvalue weighted by Gasteiger charge is -2.01. The van der Waals surface area contributed by atoms with E-state index in [1.165, 1.54) is 17.6 Å². The zero-order valence-electron chi connectivity index (χ0n) is 9.22. The molecular formula is C13H8ClNO2S. The number of aromatic nitrogens is 1. The van der Waals surface area contributed by atoms with Gasteiger partial charge in [0.1, 0.15) is 4.34 Å². The first-order valence-corrected chi connectivity index (χ1v) is 6.25. The fraction of sp³-hybridized carbons (Fsp3) is 0.0769. The molecule has 0 aliphatic heterocycles. The third-order valence-corrected chi connectivity index (χ3v) is 3.35. The number of carbonyl (C=O) groups excluding carboxylic acids is 1. The van der Waals surface area contributed by atoms with Crippen molar-refractivity contribution < 1.29 is 4.79 Å². The number of benzene rings is 1. The molecule has 2 rings (SSSR count). The first kappa shape index (κ1) is 12.6. The summed E-state index contributed by atoms with van der Waals surface area (Å²) < 4.78 is 2.03. The zero-order valence-corrected chi connectivity index (χ0v) is 10.8. The van der Waals surface area contributed by atoms with Crippen molar-refractivity contribution in [2.75, 3.05) is 0 Å². The van der Waals surface area contributed by atoms with Crippen LogP contribution >= 0.6 is 23.1 Å². The molecule has 1 aromatic carbocycles. The SMILES string of the molecule is O=CC#Cc1cccc(Cn2sc(Cl)cc2=O)c1. The first-order chi connectivity index (χ1) is 8.69. The number of halogens is 1. The summed E-state index contributed by atoms with van der Waals surface area (Å²) >= 11 is 6.98. The molecule has 90 valence electrons. The predicted molar refractivity (Wildman–Crippen MR) is 72.1 cm³/mol. The molecule has 5 heteroatoms. The molecule has 2 aromatic rings. The van der Waals surface area contributed by atoms with Gasteiger partial charge in [-0.15, -0.1) is 0 Å². The second-order valence-electron chi connectivity index (χ2n) is 3.50. The Morgan fingerprint density at radius 1 is 1.39 bits per heavy atom. The molecular weight excluding hydrogens is 270 g/mol. The molecule has 3 nitrogen and oxygen atoms in total. The van der Waals surface area contributed by atoms with Crippen LogP contribution in [0, 0.1) is 11.8 Å². The van der Waals surface area contributed by atoms with Gasteiger partial charge in [-0.3, -0.25) is 13.5 Å². The molecule has 0 aliphatic carbocycles. The minimum absolute atomic E-state index is 0.116. The van der Waals surface area contributed by atoms with E-state index in [4.69, 9.17) is 11.6 Å². The van der Waals surface area contributed by atoms with E-state index in [2.05, 4.69) is 11.8 Å². The lowest BCUT2D eigenvalue weighted by molar-refractivity contribution is -0.103. The lowest BCUT2D eigenvalue weighted by Crippen LogP contribution is -2.12. The Balaban J connectivity index is 2.27. The van der Waals surface area contributed by atoms with Crippen LogP contribution < -0.4 is 5.56 Å². The molecule has 0 unspecified atom stereocenters. The van der Waals surface area contributed by atoms with Gasteiger partial charge in [0.25, 0.3) is 5.56 Å². The third-order valence-electron chi connectivity index (χ3n) is 2.21. The van der Waals surface area contributed by atoms with Crippen LogP contribution in [0.5, 0.6) is 0 Å². The molecule has 0 radical (unpaired) electrons. The Morgan fingerprint density at radius 2 is 2.22 bits per heavy atom. The summed E-state index contributed by atoms with van der Waals surface area (Å²) in [6.45, 7) is 0.451. The average Bonchev–Trinajstić information content (AvgIpc) is 2.66. The van der Waals surface area contributed by atoms with Crippen molar-refractivity contribution in [3.8, 4) is 11.8 Å². The van der Waals surface area contributed by atoms with Gasteiger partial charge in [-0.05, 0) is 35.1 Å². The Bertz CT molecular complexity index is 691. The fourth-order valence-corrected chi connectivity index (χ4v) is 2.55. The summed E-state index contributed by atoms with van der Waals surface area (Å²) in [7, 11) is 0. The van der Waals surface area contributed by atoms with E-state index in [9.17, 15) is 9.59 Å². The van der Waals surface area contributed by atoms with E-state index >= 15 is 0 Å². The minimum Gasteiger partial charge on any atom is -0.289 e. The number of carbonyl (C=O) groups is 1. The van der Waals surface area contributed by atoms with E-state index in [0.29, 0.717) is 17.2 Å². The number of rotatable bonds is 2. The van der Waals surface area contributed by atoms with Gasteiger partial charge in [-0.2, -0.15) is 0 Å². The maximum Gasteiger partial charge on any atom is 0.262 e. The number of aldehydes is 1. The number of nitrogens with zero attached hydrogens (tertiary/aromatic N) is 1. The average molecular weight is 278 g/mol. The minimum atomic E-state index is -0.116. The van der Waals surface area contributed by atoms with E-state index in [0.717, 1.165) is 11.1 Å². The maximum atomic E-state index is 11.5. The molecule has 0 atom stereocenters. The highest BCUT2D eigenvalue weighted by atomic mass is 35.5. The van der Waals surface area contributed by atoms with Crippen molar-refractivity contribution >= 4 is 29.4 Å². The van der Waals surface area contributed by atoms with Crippen LogP contribution in [-0.2, 0) is 11.3 Å². The Hall–Kier alpha value is -1.83. The maximum absolute atomic E-state index is 11.5. The molecule has 0 amide bonds. The molecule has 0 spiro atoms. The van der Waals surface area contributed by atoms with Gasteiger partial charge >= 0.3 is 0 Å². The number of hydrogen-bond donors (Lipinski definition) is 0. The number of hydrogen-bond acceptors (Lipinski definition) is 3. The molecule has 1 aromatic heterocycles. The van der Waals surface area contributed by atoms with E-state index in [-0.39, 0.29) is 5.56 Å². The van der Waals surface area contributed by atoms with Gasteiger partial charge in [-0.25, -0.2) is 0 Å². The van der Waals surface area contributed by atoms with Gasteiger partial charge in [0, 0.05) is 11.6 Å². The van der Waals surface area contributed by atoms with Crippen LogP contribution in [0.3, 0.4) is 0 Å². The van der Waals surface area contributed by atoms with Gasteiger partial charge < -0.3 is 0 Å². The smallest absolute Gasteiger partial charge is 0.262 e. The van der Waals surface area contributed by atoms with Crippen molar-refractivity contribution in [1.82, 2.24) is 3.96 Å². The van der Waals surface area contributed by atoms with Crippen LogP contribution in [0.1, 0.15) is 11.1 Å². The summed E-state index contributed by atoms with van der Waals surface area (Å²) in [5, 5.41) is 0. The highest BCUT2D eigenvalue weighted by molar-refractivity contribution is 7.11. The molecule has 0 saturated carbocycles. The predicted octanol–water partition coefficient (Wildman–Crippen LogP) is 2.16. The van der Waals surface area contributed by atoms with Gasteiger partial charge in [0.2, 0.25) is 0 Å². The molecule has 18 heavy (non-hydrogen) atoms. The second kappa shape index (κ2) is 5.67. The van der Waals surface area contributed by atoms with Crippen LogP contribution in [0.15, 0.2) is 35.1 Å². The van der Waals surface area contributed by atoms with Crippen LogP contribution in [-0.4, -0.2) is 10.2 Å². The fourth-order valence-electron chi connectivity index (χ4n) is 1.48. The van der Waals surface area contributed by atoms with E-state index in [1.54, 1.807) is 3.96 Å². The third kappa shape index (κ3) is 3.10. The standard InChI is InChI=1S/C13H8ClNO2S/c14-12-8-13(17)15(18-12)9-11-4-1-3-10(7-11)5-2-6-16/h1,3-4,6-8H,9H2. The molecule has 0 aliphatic rings. The van der Waals surface area contributed by atoms with Crippen LogP contribution in [0.4, 0.5) is 0 Å². The summed E-state index contributed by atoms with van der Waals surface area (Å²) in [5.74, 6) is 5.07. The van der Waals surface area contributed by atoms with Gasteiger partial charge in [0.15, 0.2) is 6.29 Å². The second-order valence-corrected chi connectivity index (χ2v) is 5.20. The van der Waals surface area contributed by atoms with Gasteiger partial charge in [-0.1, -0.05) is 29.7 Å². The van der Waals surface area contributed by atoms with Crippen molar-refractivity contribution in [1.29, 1.82) is 0 Å². The largest absolute Gasteiger partial charge is 0.289 e. The highest BCUT2D eigenvalue weighted by Gasteiger charge is 2.03. The summed E-state index contributed by atoms with van der Waals surface area (Å²) in [6.07, 6.45) is 0.552. The molecule has 0 N–H and O–H groups in total. The summed E-state index contributed by atoms with van der Waals surface area (Å²) in [5.41, 5.74) is 1.57. The molecule has 0 bridgehead atoms. The Morgan fingerprint density at radius 3 is 2.89 bits per heavy atom. The van der Waals surface area contributed by atoms with Crippen LogP contribution in [0.2, 0.25) is 4.34 Å². The van der Waals surface area contributed by atoms with E-state index < -0.39 is 0 Å². The van der Waals surface area contributed by atoms with Crippen molar-refractivity contribution in [2.24, 2.45) is 0 Å². The lowest BCUT2D eigenvalue weighted by atomic mass is 10.1. The molecule has 1 heterocycles.